The third kappa shape index (κ3) is 6.53. The van der Waals surface area contributed by atoms with Crippen LogP contribution in [0.1, 0.15) is 34.6 Å². The molecule has 0 aliphatic carbocycles. The highest BCUT2D eigenvalue weighted by atomic mass is 32.2. The summed E-state index contributed by atoms with van der Waals surface area (Å²) in [6, 6.07) is 11.3. The number of methoxy groups -OCH3 is 1. The van der Waals surface area contributed by atoms with E-state index in [0.717, 1.165) is 4.90 Å². The number of nitrogens with one attached hydrogen (secondary N) is 1. The third-order valence-corrected chi connectivity index (χ3v) is 4.44. The minimum absolute atomic E-state index is 0.216. The average molecular weight is 417 g/mol. The maximum absolute atomic E-state index is 12.2. The van der Waals surface area contributed by atoms with Crippen molar-refractivity contribution in [1.29, 1.82) is 0 Å². The number of anilines is 1. The fourth-order valence-corrected chi connectivity index (χ4v) is 2.77. The Hall–Kier alpha value is -3.00. The van der Waals surface area contributed by atoms with Crippen molar-refractivity contribution in [2.75, 3.05) is 25.3 Å². The number of carbonyl (C=O) groups excluding carboxylic acids is 3. The van der Waals surface area contributed by atoms with Crippen molar-refractivity contribution in [1.82, 2.24) is 0 Å². The first-order valence-electron chi connectivity index (χ1n) is 8.84. The number of rotatable bonds is 8. The normalized spacial score (nSPS) is 10.4. The van der Waals surface area contributed by atoms with Gasteiger partial charge in [-0.1, -0.05) is 0 Å². The molecule has 0 bridgehead atoms. The van der Waals surface area contributed by atoms with Gasteiger partial charge in [-0.15, -0.1) is 11.8 Å². The Kier molecular flexibility index (Phi) is 8.09. The largest absolute Gasteiger partial charge is 0.496 e. The fourth-order valence-electron chi connectivity index (χ4n) is 2.34. The molecule has 1 amide bonds. The van der Waals surface area contributed by atoms with Crippen LogP contribution < -0.4 is 10.1 Å². The molecule has 2 aromatic rings. The van der Waals surface area contributed by atoms with E-state index in [4.69, 9.17) is 14.2 Å². The molecule has 2 rings (SSSR count). The molecule has 0 spiro atoms. The molecule has 0 aliphatic heterocycles. The van der Waals surface area contributed by atoms with E-state index >= 15 is 0 Å². The lowest BCUT2D eigenvalue weighted by Crippen LogP contribution is -2.21. The fraction of sp³-hybridized carbons (Fsp3) is 0.286. The molecule has 154 valence electrons. The monoisotopic (exact) mass is 417 g/mol. The smallest absolute Gasteiger partial charge is 0.342 e. The molecule has 7 nitrogen and oxygen atoms in total. The molecule has 0 saturated carbocycles. The van der Waals surface area contributed by atoms with Crippen molar-refractivity contribution in [2.24, 2.45) is 0 Å². The van der Waals surface area contributed by atoms with Gasteiger partial charge in [-0.25, -0.2) is 9.59 Å². The van der Waals surface area contributed by atoms with Crippen molar-refractivity contribution in [2.45, 2.75) is 24.8 Å². The van der Waals surface area contributed by atoms with Gasteiger partial charge in [0.2, 0.25) is 0 Å². The molecule has 0 aromatic heterocycles. The van der Waals surface area contributed by atoms with Crippen molar-refractivity contribution in [3.63, 3.8) is 0 Å². The summed E-state index contributed by atoms with van der Waals surface area (Å²) in [7, 11) is 1.46. The van der Waals surface area contributed by atoms with Gasteiger partial charge in [-0.3, -0.25) is 4.79 Å². The Bertz CT molecular complexity index is 879. The van der Waals surface area contributed by atoms with Crippen LogP contribution in [-0.4, -0.2) is 43.9 Å². The zero-order valence-corrected chi connectivity index (χ0v) is 17.5. The molecule has 0 heterocycles. The molecule has 0 unspecified atom stereocenters. The Labute approximate surface area is 173 Å². The van der Waals surface area contributed by atoms with E-state index in [1.807, 2.05) is 6.26 Å². The molecule has 0 aliphatic rings. The van der Waals surface area contributed by atoms with E-state index in [2.05, 4.69) is 5.32 Å². The average Bonchev–Trinajstić information content (AvgIpc) is 2.71. The second kappa shape index (κ2) is 10.5. The van der Waals surface area contributed by atoms with Gasteiger partial charge in [0.15, 0.2) is 6.61 Å². The molecular weight excluding hydrogens is 394 g/mol. The number of thioether (sulfide) groups is 1. The van der Waals surface area contributed by atoms with Crippen LogP contribution in [0.4, 0.5) is 5.69 Å². The molecular formula is C21H23NO6S. The van der Waals surface area contributed by atoms with E-state index in [1.54, 1.807) is 56.3 Å². The van der Waals surface area contributed by atoms with E-state index in [0.29, 0.717) is 17.0 Å². The van der Waals surface area contributed by atoms with Gasteiger partial charge in [0.25, 0.3) is 5.91 Å². The second-order valence-electron chi connectivity index (χ2n) is 6.22. The zero-order chi connectivity index (χ0) is 21.4. The molecule has 29 heavy (non-hydrogen) atoms. The third-order valence-electron chi connectivity index (χ3n) is 3.71. The molecule has 0 atom stereocenters. The Balaban J connectivity index is 1.91. The number of benzene rings is 2. The number of ether oxygens (including phenoxy) is 3. The number of hydrogen-bond acceptors (Lipinski definition) is 7. The molecule has 0 fully saturated rings. The topological polar surface area (TPSA) is 90.9 Å². The summed E-state index contributed by atoms with van der Waals surface area (Å²) in [5.74, 6) is -1.22. The van der Waals surface area contributed by atoms with E-state index < -0.39 is 24.5 Å². The first-order valence-corrected chi connectivity index (χ1v) is 10.1. The summed E-state index contributed by atoms with van der Waals surface area (Å²) in [5, 5.41) is 2.60. The van der Waals surface area contributed by atoms with Crippen molar-refractivity contribution in [3.05, 3.63) is 53.6 Å². The zero-order valence-electron chi connectivity index (χ0n) is 16.7. The van der Waals surface area contributed by atoms with Crippen molar-refractivity contribution >= 4 is 35.3 Å². The predicted octanol–water partition coefficient (Wildman–Crippen LogP) is 3.78. The highest BCUT2D eigenvalue weighted by Gasteiger charge is 2.16. The standard InChI is InChI=1S/C21H23NO6S/c1-13(2)28-20(24)14-5-7-15(8-6-14)22-19(23)12-27-21(25)17-10-9-16(29-4)11-18(17)26-3/h5-11,13H,12H2,1-4H3,(H,22,23). The number of esters is 2. The predicted molar refractivity (Wildman–Crippen MR) is 111 cm³/mol. The van der Waals surface area contributed by atoms with Crippen LogP contribution in [0.3, 0.4) is 0 Å². The number of carbonyl (C=O) groups is 3. The first-order chi connectivity index (χ1) is 13.8. The van der Waals surface area contributed by atoms with Crippen molar-refractivity contribution < 1.29 is 28.6 Å². The van der Waals surface area contributed by atoms with Crippen molar-refractivity contribution in [3.8, 4) is 5.75 Å². The summed E-state index contributed by atoms with van der Waals surface area (Å²) in [6.07, 6.45) is 1.70. The molecule has 0 saturated heterocycles. The summed E-state index contributed by atoms with van der Waals surface area (Å²) < 4.78 is 15.4. The number of amides is 1. The van der Waals surface area contributed by atoms with Crippen LogP contribution in [0.25, 0.3) is 0 Å². The SMILES string of the molecule is COc1cc(SC)ccc1C(=O)OCC(=O)Nc1ccc(C(=O)OC(C)C)cc1. The Morgan fingerprint density at radius 1 is 1.03 bits per heavy atom. The molecule has 0 radical (unpaired) electrons. The first kappa shape index (κ1) is 22.3. The van der Waals surface area contributed by atoms with Crippen LogP contribution in [0, 0.1) is 0 Å². The molecule has 8 heteroatoms. The van der Waals surface area contributed by atoms with Gasteiger partial charge >= 0.3 is 11.9 Å². The van der Waals surface area contributed by atoms with Gasteiger partial charge < -0.3 is 19.5 Å². The minimum Gasteiger partial charge on any atom is -0.496 e. The van der Waals surface area contributed by atoms with Gasteiger partial charge in [0.05, 0.1) is 18.8 Å². The number of hydrogen-bond donors (Lipinski definition) is 1. The molecule has 2 aromatic carbocycles. The van der Waals surface area contributed by atoms with Crippen LogP contribution >= 0.6 is 11.8 Å². The summed E-state index contributed by atoms with van der Waals surface area (Å²) in [5.41, 5.74) is 1.09. The summed E-state index contributed by atoms with van der Waals surface area (Å²) in [4.78, 5) is 37.1. The van der Waals surface area contributed by atoms with Gasteiger partial charge in [0.1, 0.15) is 11.3 Å². The van der Waals surface area contributed by atoms with Crippen LogP contribution in [0.15, 0.2) is 47.4 Å². The van der Waals surface area contributed by atoms with Gasteiger partial charge in [-0.2, -0.15) is 0 Å². The van der Waals surface area contributed by atoms with Gasteiger partial charge in [0, 0.05) is 10.6 Å². The lowest BCUT2D eigenvalue weighted by molar-refractivity contribution is -0.119. The van der Waals surface area contributed by atoms with E-state index in [-0.39, 0.29) is 11.7 Å². The highest BCUT2D eigenvalue weighted by molar-refractivity contribution is 7.98. The highest BCUT2D eigenvalue weighted by Crippen LogP contribution is 2.25. The van der Waals surface area contributed by atoms with Crippen LogP contribution in [-0.2, 0) is 14.3 Å². The van der Waals surface area contributed by atoms with E-state index in [9.17, 15) is 14.4 Å². The van der Waals surface area contributed by atoms with Crippen LogP contribution in [0.5, 0.6) is 5.75 Å². The summed E-state index contributed by atoms with van der Waals surface area (Å²) >= 11 is 1.52. The minimum atomic E-state index is -0.656. The quantitative estimate of drug-likeness (QED) is 0.516. The maximum atomic E-state index is 12.2. The second-order valence-corrected chi connectivity index (χ2v) is 7.10. The maximum Gasteiger partial charge on any atom is 0.342 e. The summed E-state index contributed by atoms with van der Waals surface area (Å²) in [6.45, 7) is 3.07. The Morgan fingerprint density at radius 3 is 2.31 bits per heavy atom. The Morgan fingerprint density at radius 2 is 1.72 bits per heavy atom. The molecule has 1 N–H and O–H groups in total. The lowest BCUT2D eigenvalue weighted by Gasteiger charge is -2.11. The van der Waals surface area contributed by atoms with Crippen LogP contribution in [0.2, 0.25) is 0 Å². The van der Waals surface area contributed by atoms with E-state index in [1.165, 1.54) is 18.9 Å². The van der Waals surface area contributed by atoms with Gasteiger partial charge in [-0.05, 0) is 62.6 Å². The lowest BCUT2D eigenvalue weighted by atomic mass is 10.2.